The van der Waals surface area contributed by atoms with Crippen LogP contribution in [-0.2, 0) is 11.3 Å². The molecule has 0 saturated carbocycles. The molecular weight excluding hydrogens is 424 g/mol. The van der Waals surface area contributed by atoms with E-state index in [0.29, 0.717) is 5.75 Å². The molecule has 1 saturated heterocycles. The lowest BCUT2D eigenvalue weighted by molar-refractivity contribution is -0.130. The smallest absolute Gasteiger partial charge is 0.233 e. The van der Waals surface area contributed by atoms with Gasteiger partial charge < -0.3 is 19.4 Å². The number of piperazine rings is 1. The molecule has 1 fully saturated rings. The highest BCUT2D eigenvalue weighted by Gasteiger charge is 2.22. The predicted molar refractivity (Wildman–Crippen MR) is 128 cm³/mol. The molecular formula is C24H30N4O3S. The number of methoxy groups -OCH3 is 2. The van der Waals surface area contributed by atoms with Crippen LogP contribution in [0.25, 0.3) is 11.0 Å². The molecule has 4 rings (SSSR count). The maximum absolute atomic E-state index is 12.7. The molecule has 0 unspecified atom stereocenters. The van der Waals surface area contributed by atoms with E-state index < -0.39 is 0 Å². The van der Waals surface area contributed by atoms with Crippen molar-refractivity contribution in [2.75, 3.05) is 46.2 Å². The SMILES string of the molecule is COc1cc(C)c(CN2CCN(C(=O)CSc3nc4ccc(C)cc4[nH]3)CC2)cc1OC. The van der Waals surface area contributed by atoms with Crippen LogP contribution in [0.4, 0.5) is 0 Å². The summed E-state index contributed by atoms with van der Waals surface area (Å²) in [6.07, 6.45) is 0. The molecule has 8 heteroatoms. The Morgan fingerprint density at radius 1 is 1.06 bits per heavy atom. The highest BCUT2D eigenvalue weighted by Crippen LogP contribution is 2.31. The van der Waals surface area contributed by atoms with E-state index in [1.807, 2.05) is 23.1 Å². The fourth-order valence-electron chi connectivity index (χ4n) is 3.98. The molecule has 1 aliphatic heterocycles. The van der Waals surface area contributed by atoms with Crippen molar-refractivity contribution in [1.82, 2.24) is 19.8 Å². The first-order valence-electron chi connectivity index (χ1n) is 10.8. The lowest BCUT2D eigenvalue weighted by Crippen LogP contribution is -2.48. The Bertz CT molecular complexity index is 1110. The van der Waals surface area contributed by atoms with Gasteiger partial charge in [0.25, 0.3) is 0 Å². The standard InChI is InChI=1S/C24H30N4O3S/c1-16-5-6-19-20(11-16)26-24(25-19)32-15-23(29)28-9-7-27(8-10-28)14-18-13-22(31-4)21(30-3)12-17(18)2/h5-6,11-13H,7-10,14-15H2,1-4H3,(H,25,26). The van der Waals surface area contributed by atoms with Crippen LogP contribution < -0.4 is 9.47 Å². The highest BCUT2D eigenvalue weighted by molar-refractivity contribution is 7.99. The predicted octanol–water partition coefficient (Wildman–Crippen LogP) is 3.63. The minimum Gasteiger partial charge on any atom is -0.493 e. The fourth-order valence-corrected chi connectivity index (χ4v) is 4.77. The number of thioether (sulfide) groups is 1. The highest BCUT2D eigenvalue weighted by atomic mass is 32.2. The van der Waals surface area contributed by atoms with Crippen molar-refractivity contribution in [3.8, 4) is 11.5 Å². The molecule has 1 amide bonds. The van der Waals surface area contributed by atoms with Crippen molar-refractivity contribution in [1.29, 1.82) is 0 Å². The molecule has 1 aromatic heterocycles. The molecule has 0 aliphatic carbocycles. The summed E-state index contributed by atoms with van der Waals surface area (Å²) < 4.78 is 10.8. The average Bonchev–Trinajstić information content (AvgIpc) is 3.21. The molecule has 0 spiro atoms. The molecule has 1 N–H and O–H groups in total. The van der Waals surface area contributed by atoms with E-state index in [9.17, 15) is 4.79 Å². The van der Waals surface area contributed by atoms with E-state index in [1.165, 1.54) is 28.5 Å². The summed E-state index contributed by atoms with van der Waals surface area (Å²) in [6.45, 7) is 8.18. The number of imidazole rings is 1. The number of H-pyrrole nitrogens is 1. The van der Waals surface area contributed by atoms with Crippen LogP contribution >= 0.6 is 11.8 Å². The third kappa shape index (κ3) is 5.02. The number of carbonyl (C=O) groups excluding carboxylic acids is 1. The number of aryl methyl sites for hydroxylation is 2. The summed E-state index contributed by atoms with van der Waals surface area (Å²) in [6, 6.07) is 10.2. The largest absolute Gasteiger partial charge is 0.493 e. The second kappa shape index (κ2) is 9.83. The Morgan fingerprint density at radius 3 is 2.50 bits per heavy atom. The third-order valence-corrected chi connectivity index (χ3v) is 6.77. The van der Waals surface area contributed by atoms with Crippen LogP contribution in [0.2, 0.25) is 0 Å². The van der Waals surface area contributed by atoms with Gasteiger partial charge in [-0.2, -0.15) is 0 Å². The van der Waals surface area contributed by atoms with Crippen molar-refractivity contribution in [3.63, 3.8) is 0 Å². The van der Waals surface area contributed by atoms with E-state index in [4.69, 9.17) is 9.47 Å². The number of ether oxygens (including phenoxy) is 2. The van der Waals surface area contributed by atoms with E-state index in [1.54, 1.807) is 14.2 Å². The first kappa shape index (κ1) is 22.5. The van der Waals surface area contributed by atoms with Crippen molar-refractivity contribution in [2.45, 2.75) is 25.5 Å². The topological polar surface area (TPSA) is 70.7 Å². The summed E-state index contributed by atoms with van der Waals surface area (Å²) in [5.41, 5.74) is 5.54. The van der Waals surface area contributed by atoms with Gasteiger partial charge in [-0.3, -0.25) is 9.69 Å². The number of fused-ring (bicyclic) bond motifs is 1. The van der Waals surface area contributed by atoms with Gasteiger partial charge in [-0.25, -0.2) is 4.98 Å². The lowest BCUT2D eigenvalue weighted by Gasteiger charge is -2.35. The van der Waals surface area contributed by atoms with Gasteiger partial charge in [0.1, 0.15) is 0 Å². The summed E-state index contributed by atoms with van der Waals surface area (Å²) in [4.78, 5) is 24.9. The summed E-state index contributed by atoms with van der Waals surface area (Å²) >= 11 is 1.47. The third-order valence-electron chi connectivity index (χ3n) is 5.91. The number of nitrogens with zero attached hydrogens (tertiary/aromatic N) is 3. The number of amides is 1. The molecule has 170 valence electrons. The fraction of sp³-hybridized carbons (Fsp3) is 0.417. The van der Waals surface area contributed by atoms with Crippen molar-refractivity contribution >= 4 is 28.7 Å². The number of hydrogen-bond donors (Lipinski definition) is 1. The van der Waals surface area contributed by atoms with Crippen molar-refractivity contribution in [2.24, 2.45) is 0 Å². The number of rotatable bonds is 7. The number of carbonyl (C=O) groups is 1. The van der Waals surface area contributed by atoms with Crippen molar-refractivity contribution in [3.05, 3.63) is 47.0 Å². The second-order valence-electron chi connectivity index (χ2n) is 8.14. The molecule has 0 radical (unpaired) electrons. The zero-order chi connectivity index (χ0) is 22.7. The van der Waals surface area contributed by atoms with Gasteiger partial charge in [-0.1, -0.05) is 17.8 Å². The zero-order valence-corrected chi connectivity index (χ0v) is 19.9. The Kier molecular flexibility index (Phi) is 6.91. The van der Waals surface area contributed by atoms with Crippen LogP contribution in [0, 0.1) is 13.8 Å². The van der Waals surface area contributed by atoms with Crippen LogP contribution in [0.15, 0.2) is 35.5 Å². The van der Waals surface area contributed by atoms with Gasteiger partial charge in [-0.15, -0.1) is 0 Å². The number of aromatic amines is 1. The monoisotopic (exact) mass is 454 g/mol. The van der Waals surface area contributed by atoms with Crippen LogP contribution in [0.3, 0.4) is 0 Å². The lowest BCUT2D eigenvalue weighted by atomic mass is 10.1. The summed E-state index contributed by atoms with van der Waals surface area (Å²) in [5, 5.41) is 0.793. The number of benzene rings is 2. The number of hydrogen-bond acceptors (Lipinski definition) is 6. The van der Waals surface area contributed by atoms with Gasteiger partial charge in [-0.05, 0) is 54.8 Å². The number of aromatic nitrogens is 2. The molecule has 2 heterocycles. The Labute approximate surface area is 193 Å². The van der Waals surface area contributed by atoms with E-state index >= 15 is 0 Å². The van der Waals surface area contributed by atoms with Gasteiger partial charge >= 0.3 is 0 Å². The van der Waals surface area contributed by atoms with Gasteiger partial charge in [0.05, 0.1) is 31.0 Å². The average molecular weight is 455 g/mol. The minimum absolute atomic E-state index is 0.161. The molecule has 32 heavy (non-hydrogen) atoms. The molecule has 2 aromatic carbocycles. The first-order valence-corrected chi connectivity index (χ1v) is 11.8. The Balaban J connectivity index is 1.29. The molecule has 1 aliphatic rings. The quantitative estimate of drug-likeness (QED) is 0.550. The van der Waals surface area contributed by atoms with Crippen LogP contribution in [-0.4, -0.2) is 71.8 Å². The Hall–Kier alpha value is -2.71. The van der Waals surface area contributed by atoms with E-state index in [-0.39, 0.29) is 5.91 Å². The number of nitrogens with one attached hydrogen (secondary N) is 1. The van der Waals surface area contributed by atoms with Gasteiger partial charge in [0.15, 0.2) is 16.7 Å². The molecule has 7 nitrogen and oxygen atoms in total. The minimum atomic E-state index is 0.161. The normalized spacial score (nSPS) is 14.7. The van der Waals surface area contributed by atoms with Gasteiger partial charge in [0.2, 0.25) is 5.91 Å². The van der Waals surface area contributed by atoms with Gasteiger partial charge in [0, 0.05) is 32.7 Å². The van der Waals surface area contributed by atoms with Crippen LogP contribution in [0.1, 0.15) is 16.7 Å². The molecule has 0 atom stereocenters. The van der Waals surface area contributed by atoms with Crippen molar-refractivity contribution < 1.29 is 14.3 Å². The zero-order valence-electron chi connectivity index (χ0n) is 19.1. The maximum atomic E-state index is 12.7. The van der Waals surface area contributed by atoms with Crippen LogP contribution in [0.5, 0.6) is 11.5 Å². The molecule has 0 bridgehead atoms. The maximum Gasteiger partial charge on any atom is 0.233 e. The molecule has 3 aromatic rings. The van der Waals surface area contributed by atoms with E-state index in [2.05, 4.69) is 40.8 Å². The summed E-state index contributed by atoms with van der Waals surface area (Å²) in [5.74, 6) is 2.06. The first-order chi connectivity index (χ1) is 15.5. The Morgan fingerprint density at radius 2 is 1.78 bits per heavy atom. The second-order valence-corrected chi connectivity index (χ2v) is 9.11. The summed E-state index contributed by atoms with van der Waals surface area (Å²) in [7, 11) is 3.31. The van der Waals surface area contributed by atoms with E-state index in [0.717, 1.165) is 60.4 Å².